The van der Waals surface area contributed by atoms with E-state index >= 15 is 0 Å². The third kappa shape index (κ3) is 2.99. The van der Waals surface area contributed by atoms with Gasteiger partial charge in [0.2, 0.25) is 10.0 Å². The molecule has 6 heteroatoms. The molecule has 0 aromatic rings. The van der Waals surface area contributed by atoms with Gasteiger partial charge in [-0.25, -0.2) is 8.42 Å². The first kappa shape index (κ1) is 13.3. The van der Waals surface area contributed by atoms with Gasteiger partial charge in [0.1, 0.15) is 0 Å². The largest absolute Gasteiger partial charge is 0.380 e. The van der Waals surface area contributed by atoms with Crippen molar-refractivity contribution in [1.82, 2.24) is 9.62 Å². The van der Waals surface area contributed by atoms with Crippen molar-refractivity contribution in [2.75, 3.05) is 33.3 Å². The van der Waals surface area contributed by atoms with Crippen LogP contribution in [0, 0.1) is 0 Å². The summed E-state index contributed by atoms with van der Waals surface area (Å²) in [4.78, 5) is 0. The molecule has 2 aliphatic rings. The predicted octanol–water partition coefficient (Wildman–Crippen LogP) is 0.179. The quantitative estimate of drug-likeness (QED) is 0.788. The monoisotopic (exact) mass is 262 g/mol. The second-order valence-electron chi connectivity index (χ2n) is 4.87. The van der Waals surface area contributed by atoms with E-state index in [-0.39, 0.29) is 11.4 Å². The van der Waals surface area contributed by atoms with Crippen molar-refractivity contribution in [3.8, 4) is 0 Å². The second kappa shape index (κ2) is 5.65. The van der Waals surface area contributed by atoms with Gasteiger partial charge in [0.05, 0.1) is 11.4 Å². The number of rotatable bonds is 3. The molecule has 2 atom stereocenters. The number of ether oxygens (including phenoxy) is 1. The first-order valence-electron chi connectivity index (χ1n) is 6.37. The van der Waals surface area contributed by atoms with Crippen LogP contribution in [0.4, 0.5) is 0 Å². The highest BCUT2D eigenvalue weighted by Crippen LogP contribution is 2.21. The Balaban J connectivity index is 2.03. The maximum atomic E-state index is 12.4. The van der Waals surface area contributed by atoms with Crippen LogP contribution in [0.1, 0.15) is 25.7 Å². The van der Waals surface area contributed by atoms with Crippen LogP contribution in [0.5, 0.6) is 0 Å². The number of hydrogen-bond donors (Lipinski definition) is 1. The molecular weight excluding hydrogens is 240 g/mol. The van der Waals surface area contributed by atoms with E-state index < -0.39 is 10.0 Å². The van der Waals surface area contributed by atoms with Crippen LogP contribution >= 0.6 is 0 Å². The predicted molar refractivity (Wildman–Crippen MR) is 66.4 cm³/mol. The van der Waals surface area contributed by atoms with Crippen molar-refractivity contribution >= 4 is 10.0 Å². The SMILES string of the molecule is COC1CCCN(S(=O)(=O)C2CCCNC2)C1. The standard InChI is InChI=1S/C11H22N2O3S/c1-16-10-4-3-7-13(9-10)17(14,15)11-5-2-6-12-8-11/h10-12H,2-9H2,1H3. The number of methoxy groups -OCH3 is 1. The molecule has 2 saturated heterocycles. The lowest BCUT2D eigenvalue weighted by Crippen LogP contribution is -2.50. The summed E-state index contributed by atoms with van der Waals surface area (Å²) in [6.45, 7) is 2.71. The van der Waals surface area contributed by atoms with Gasteiger partial charge in [0, 0.05) is 26.7 Å². The van der Waals surface area contributed by atoms with E-state index in [1.807, 2.05) is 0 Å². The molecule has 2 rings (SSSR count). The van der Waals surface area contributed by atoms with Gasteiger partial charge in [-0.1, -0.05) is 0 Å². The molecule has 100 valence electrons. The molecule has 2 fully saturated rings. The fourth-order valence-corrected chi connectivity index (χ4v) is 4.59. The molecular formula is C11H22N2O3S. The van der Waals surface area contributed by atoms with E-state index in [9.17, 15) is 8.42 Å². The lowest BCUT2D eigenvalue weighted by atomic mass is 10.1. The Bertz CT molecular complexity index is 339. The van der Waals surface area contributed by atoms with E-state index in [4.69, 9.17) is 4.74 Å². The fourth-order valence-electron chi connectivity index (χ4n) is 2.61. The summed E-state index contributed by atoms with van der Waals surface area (Å²) >= 11 is 0. The minimum Gasteiger partial charge on any atom is -0.380 e. The zero-order valence-electron chi connectivity index (χ0n) is 10.4. The molecule has 1 N–H and O–H groups in total. The van der Waals surface area contributed by atoms with Gasteiger partial charge in [-0.05, 0) is 32.2 Å². The first-order valence-corrected chi connectivity index (χ1v) is 7.87. The number of piperidine rings is 2. The summed E-state index contributed by atoms with van der Waals surface area (Å²) in [5, 5.41) is 2.92. The molecule has 0 aromatic heterocycles. The highest BCUT2D eigenvalue weighted by atomic mass is 32.2. The zero-order chi connectivity index (χ0) is 12.3. The van der Waals surface area contributed by atoms with Gasteiger partial charge in [-0.3, -0.25) is 0 Å². The summed E-state index contributed by atoms with van der Waals surface area (Å²) in [5.41, 5.74) is 0. The Morgan fingerprint density at radius 1 is 1.29 bits per heavy atom. The Morgan fingerprint density at radius 3 is 2.76 bits per heavy atom. The first-order chi connectivity index (χ1) is 8.14. The van der Waals surface area contributed by atoms with E-state index in [1.165, 1.54) is 0 Å². The van der Waals surface area contributed by atoms with Gasteiger partial charge < -0.3 is 10.1 Å². The van der Waals surface area contributed by atoms with Crippen LogP contribution in [-0.4, -0.2) is 57.4 Å². The summed E-state index contributed by atoms with van der Waals surface area (Å²) in [6, 6.07) is 0. The van der Waals surface area contributed by atoms with Gasteiger partial charge in [0.25, 0.3) is 0 Å². The Morgan fingerprint density at radius 2 is 2.12 bits per heavy atom. The molecule has 5 nitrogen and oxygen atoms in total. The summed E-state index contributed by atoms with van der Waals surface area (Å²) in [5.74, 6) is 0. The van der Waals surface area contributed by atoms with Gasteiger partial charge in [0.15, 0.2) is 0 Å². The van der Waals surface area contributed by atoms with Crippen LogP contribution in [0.15, 0.2) is 0 Å². The molecule has 2 heterocycles. The smallest absolute Gasteiger partial charge is 0.218 e. The molecule has 0 radical (unpaired) electrons. The normalized spacial score (nSPS) is 32.5. The van der Waals surface area contributed by atoms with E-state index in [1.54, 1.807) is 11.4 Å². The molecule has 0 aliphatic carbocycles. The lowest BCUT2D eigenvalue weighted by molar-refractivity contribution is 0.0568. The van der Waals surface area contributed by atoms with Crippen LogP contribution in [0.2, 0.25) is 0 Å². The molecule has 0 aromatic carbocycles. The van der Waals surface area contributed by atoms with Crippen LogP contribution in [0.3, 0.4) is 0 Å². The molecule has 2 unspecified atom stereocenters. The molecule has 0 bridgehead atoms. The van der Waals surface area contributed by atoms with E-state index in [0.717, 1.165) is 32.2 Å². The summed E-state index contributed by atoms with van der Waals surface area (Å²) < 4.78 is 31.8. The van der Waals surface area contributed by atoms with Crippen molar-refractivity contribution < 1.29 is 13.2 Å². The summed E-state index contributed by atoms with van der Waals surface area (Å²) in [6.07, 6.45) is 3.66. The van der Waals surface area contributed by atoms with Gasteiger partial charge in [-0.15, -0.1) is 0 Å². The Hall–Kier alpha value is -0.170. The van der Waals surface area contributed by atoms with Crippen molar-refractivity contribution in [3.63, 3.8) is 0 Å². The minimum absolute atomic E-state index is 0.0649. The Kier molecular flexibility index (Phi) is 4.41. The second-order valence-corrected chi connectivity index (χ2v) is 7.08. The maximum absolute atomic E-state index is 12.4. The number of sulfonamides is 1. The van der Waals surface area contributed by atoms with Crippen molar-refractivity contribution in [3.05, 3.63) is 0 Å². The third-order valence-electron chi connectivity index (χ3n) is 3.71. The average Bonchev–Trinajstić information content (AvgIpc) is 2.40. The minimum atomic E-state index is -3.14. The fraction of sp³-hybridized carbons (Fsp3) is 1.00. The van der Waals surface area contributed by atoms with Crippen LogP contribution in [0.25, 0.3) is 0 Å². The molecule has 0 saturated carbocycles. The van der Waals surface area contributed by atoms with Crippen molar-refractivity contribution in [2.24, 2.45) is 0 Å². The van der Waals surface area contributed by atoms with Crippen LogP contribution in [-0.2, 0) is 14.8 Å². The van der Waals surface area contributed by atoms with Crippen LogP contribution < -0.4 is 5.32 Å². The Labute approximate surface area is 104 Å². The highest BCUT2D eigenvalue weighted by molar-refractivity contribution is 7.89. The van der Waals surface area contributed by atoms with Crippen molar-refractivity contribution in [1.29, 1.82) is 0 Å². The molecule has 2 aliphatic heterocycles. The lowest BCUT2D eigenvalue weighted by Gasteiger charge is -2.35. The van der Waals surface area contributed by atoms with Crippen molar-refractivity contribution in [2.45, 2.75) is 37.0 Å². The number of hydrogen-bond acceptors (Lipinski definition) is 4. The highest BCUT2D eigenvalue weighted by Gasteiger charge is 2.35. The number of nitrogens with one attached hydrogen (secondary N) is 1. The van der Waals surface area contributed by atoms with E-state index in [0.29, 0.717) is 19.6 Å². The summed E-state index contributed by atoms with van der Waals surface area (Å²) in [7, 11) is -1.48. The topological polar surface area (TPSA) is 58.6 Å². The molecule has 17 heavy (non-hydrogen) atoms. The molecule has 0 amide bonds. The maximum Gasteiger partial charge on any atom is 0.218 e. The van der Waals surface area contributed by atoms with Gasteiger partial charge >= 0.3 is 0 Å². The average molecular weight is 262 g/mol. The van der Waals surface area contributed by atoms with Gasteiger partial charge in [-0.2, -0.15) is 4.31 Å². The molecule has 0 spiro atoms. The van der Waals surface area contributed by atoms with E-state index in [2.05, 4.69) is 5.32 Å². The zero-order valence-corrected chi connectivity index (χ0v) is 11.2. The third-order valence-corrected chi connectivity index (χ3v) is 6.00. The number of nitrogens with zero attached hydrogens (tertiary/aromatic N) is 1.